The first kappa shape index (κ1) is 10.9. The van der Waals surface area contributed by atoms with E-state index >= 15 is 0 Å². The van der Waals surface area contributed by atoms with E-state index < -0.39 is 0 Å². The van der Waals surface area contributed by atoms with Crippen molar-refractivity contribution in [1.29, 1.82) is 0 Å². The fourth-order valence-corrected chi connectivity index (χ4v) is 2.93. The van der Waals surface area contributed by atoms with Gasteiger partial charge in [-0.1, -0.05) is 30.3 Å². The zero-order valence-electron chi connectivity index (χ0n) is 9.43. The van der Waals surface area contributed by atoms with E-state index in [-0.39, 0.29) is 5.54 Å². The van der Waals surface area contributed by atoms with Crippen molar-refractivity contribution in [3.8, 4) is 10.6 Å². The Kier molecular flexibility index (Phi) is 2.70. The Morgan fingerprint density at radius 1 is 1.29 bits per heavy atom. The average Bonchev–Trinajstić information content (AvgIpc) is 2.99. The summed E-state index contributed by atoms with van der Waals surface area (Å²) in [5, 5.41) is 3.08. The highest BCUT2D eigenvalue weighted by molar-refractivity contribution is 7.13. The van der Waals surface area contributed by atoms with Gasteiger partial charge in [-0.15, -0.1) is 11.3 Å². The molecule has 2 heterocycles. The van der Waals surface area contributed by atoms with Gasteiger partial charge in [-0.25, -0.2) is 4.98 Å². The van der Waals surface area contributed by atoms with Crippen molar-refractivity contribution in [3.63, 3.8) is 0 Å². The van der Waals surface area contributed by atoms with Gasteiger partial charge < -0.3 is 10.5 Å². The Morgan fingerprint density at radius 2 is 2.12 bits per heavy atom. The van der Waals surface area contributed by atoms with E-state index in [4.69, 9.17) is 10.5 Å². The summed E-state index contributed by atoms with van der Waals surface area (Å²) in [5.74, 6) is 0. The maximum atomic E-state index is 6.29. The number of rotatable bonds is 2. The first-order valence-corrected chi connectivity index (χ1v) is 6.54. The number of benzene rings is 1. The number of aromatic nitrogens is 1. The van der Waals surface area contributed by atoms with Crippen molar-refractivity contribution in [2.75, 3.05) is 13.2 Å². The summed E-state index contributed by atoms with van der Waals surface area (Å²) in [7, 11) is 0. The molecule has 0 aliphatic carbocycles. The molecule has 0 radical (unpaired) electrons. The first-order valence-electron chi connectivity index (χ1n) is 5.66. The molecule has 1 atom stereocenters. The number of ether oxygens (including phenoxy) is 1. The van der Waals surface area contributed by atoms with Crippen molar-refractivity contribution < 1.29 is 4.74 Å². The summed E-state index contributed by atoms with van der Waals surface area (Å²) in [5.41, 5.74) is 8.01. The molecule has 17 heavy (non-hydrogen) atoms. The second kappa shape index (κ2) is 4.22. The van der Waals surface area contributed by atoms with Crippen LogP contribution in [0.4, 0.5) is 0 Å². The Bertz CT molecular complexity index is 503. The molecule has 0 amide bonds. The van der Waals surface area contributed by atoms with Gasteiger partial charge in [0.2, 0.25) is 0 Å². The molecule has 1 aromatic carbocycles. The second-order valence-electron chi connectivity index (χ2n) is 4.36. The molecule has 4 heteroatoms. The fourth-order valence-electron chi connectivity index (χ4n) is 2.00. The Morgan fingerprint density at radius 3 is 2.82 bits per heavy atom. The van der Waals surface area contributed by atoms with Crippen LogP contribution in [0, 0.1) is 0 Å². The van der Waals surface area contributed by atoms with Crippen LogP contribution in [0.1, 0.15) is 12.1 Å². The van der Waals surface area contributed by atoms with Crippen molar-refractivity contribution in [2.24, 2.45) is 5.73 Å². The Labute approximate surface area is 104 Å². The monoisotopic (exact) mass is 246 g/mol. The molecule has 1 fully saturated rings. The zero-order chi connectivity index (χ0) is 11.7. The Balaban J connectivity index is 1.93. The third-order valence-electron chi connectivity index (χ3n) is 3.09. The van der Waals surface area contributed by atoms with E-state index in [1.54, 1.807) is 11.3 Å². The normalized spacial score (nSPS) is 24.1. The van der Waals surface area contributed by atoms with Gasteiger partial charge >= 0.3 is 0 Å². The van der Waals surface area contributed by atoms with Gasteiger partial charge in [-0.05, 0) is 6.42 Å². The summed E-state index contributed by atoms with van der Waals surface area (Å²) in [6, 6.07) is 10.2. The minimum atomic E-state index is -0.385. The predicted octanol–water partition coefficient (Wildman–Crippen LogP) is 2.38. The number of hydrogen-bond acceptors (Lipinski definition) is 4. The molecule has 0 saturated carbocycles. The standard InChI is InChI=1S/C13H14N2OS/c14-13(6-7-16-9-13)11-8-17-12(15-11)10-4-2-1-3-5-10/h1-5,8H,6-7,9,14H2. The van der Waals surface area contributed by atoms with E-state index in [0.717, 1.165) is 29.3 Å². The maximum absolute atomic E-state index is 6.29. The Hall–Kier alpha value is -1.23. The molecule has 3 rings (SSSR count). The molecule has 3 nitrogen and oxygen atoms in total. The lowest BCUT2D eigenvalue weighted by Gasteiger charge is -2.18. The largest absolute Gasteiger partial charge is 0.379 e. The SMILES string of the molecule is NC1(c2csc(-c3ccccc3)n2)CCOC1. The van der Waals surface area contributed by atoms with Crippen molar-refractivity contribution >= 4 is 11.3 Å². The molecule has 2 N–H and O–H groups in total. The highest BCUT2D eigenvalue weighted by atomic mass is 32.1. The number of nitrogens with two attached hydrogens (primary N) is 1. The molecule has 88 valence electrons. The summed E-state index contributed by atoms with van der Waals surface area (Å²) < 4.78 is 5.37. The molecule has 1 aliphatic rings. The molecule has 2 aromatic rings. The number of thiazole rings is 1. The fraction of sp³-hybridized carbons (Fsp3) is 0.308. The van der Waals surface area contributed by atoms with Crippen LogP contribution in [0.15, 0.2) is 35.7 Å². The predicted molar refractivity (Wildman–Crippen MR) is 68.9 cm³/mol. The third-order valence-corrected chi connectivity index (χ3v) is 3.98. The summed E-state index contributed by atoms with van der Waals surface area (Å²) >= 11 is 1.64. The van der Waals surface area contributed by atoms with Crippen LogP contribution in [0.2, 0.25) is 0 Å². The molecule has 1 saturated heterocycles. The molecule has 1 aromatic heterocycles. The lowest BCUT2D eigenvalue weighted by atomic mass is 9.97. The summed E-state index contributed by atoms with van der Waals surface area (Å²) in [6.07, 6.45) is 0.852. The van der Waals surface area contributed by atoms with E-state index in [1.807, 2.05) is 18.2 Å². The van der Waals surface area contributed by atoms with Gasteiger partial charge in [0, 0.05) is 17.6 Å². The average molecular weight is 246 g/mol. The maximum Gasteiger partial charge on any atom is 0.123 e. The summed E-state index contributed by atoms with van der Waals surface area (Å²) in [6.45, 7) is 1.31. The van der Waals surface area contributed by atoms with Crippen LogP contribution < -0.4 is 5.73 Å². The highest BCUT2D eigenvalue weighted by Crippen LogP contribution is 2.32. The van der Waals surface area contributed by atoms with E-state index in [2.05, 4.69) is 22.5 Å². The van der Waals surface area contributed by atoms with Crippen LogP contribution in [0.3, 0.4) is 0 Å². The van der Waals surface area contributed by atoms with Crippen LogP contribution >= 0.6 is 11.3 Å². The zero-order valence-corrected chi connectivity index (χ0v) is 10.2. The van der Waals surface area contributed by atoms with Crippen LogP contribution in [0.5, 0.6) is 0 Å². The lowest BCUT2D eigenvalue weighted by molar-refractivity contribution is 0.177. The molecule has 0 bridgehead atoms. The van der Waals surface area contributed by atoms with Crippen molar-refractivity contribution in [1.82, 2.24) is 4.98 Å². The first-order chi connectivity index (χ1) is 8.28. The quantitative estimate of drug-likeness (QED) is 0.885. The van der Waals surface area contributed by atoms with Crippen molar-refractivity contribution in [3.05, 3.63) is 41.4 Å². The van der Waals surface area contributed by atoms with E-state index in [9.17, 15) is 0 Å². The minimum absolute atomic E-state index is 0.385. The molecule has 0 spiro atoms. The van der Waals surface area contributed by atoms with Gasteiger partial charge in [-0.3, -0.25) is 0 Å². The highest BCUT2D eigenvalue weighted by Gasteiger charge is 2.34. The van der Waals surface area contributed by atoms with Gasteiger partial charge in [0.25, 0.3) is 0 Å². The van der Waals surface area contributed by atoms with Gasteiger partial charge in [0.1, 0.15) is 5.01 Å². The van der Waals surface area contributed by atoms with Gasteiger partial charge in [0.15, 0.2) is 0 Å². The smallest absolute Gasteiger partial charge is 0.123 e. The van der Waals surface area contributed by atoms with E-state index in [0.29, 0.717) is 6.61 Å². The van der Waals surface area contributed by atoms with Gasteiger partial charge in [0.05, 0.1) is 17.8 Å². The van der Waals surface area contributed by atoms with E-state index in [1.165, 1.54) is 0 Å². The second-order valence-corrected chi connectivity index (χ2v) is 5.22. The minimum Gasteiger partial charge on any atom is -0.379 e. The number of hydrogen-bond donors (Lipinski definition) is 1. The molecular weight excluding hydrogens is 232 g/mol. The number of nitrogens with zero attached hydrogens (tertiary/aromatic N) is 1. The summed E-state index contributed by atoms with van der Waals surface area (Å²) in [4.78, 5) is 4.65. The lowest BCUT2D eigenvalue weighted by Crippen LogP contribution is -2.37. The van der Waals surface area contributed by atoms with Gasteiger partial charge in [-0.2, -0.15) is 0 Å². The topological polar surface area (TPSA) is 48.1 Å². The molecular formula is C13H14N2OS. The molecule has 1 aliphatic heterocycles. The van der Waals surface area contributed by atoms with Crippen LogP contribution in [-0.2, 0) is 10.3 Å². The van der Waals surface area contributed by atoms with Crippen LogP contribution in [-0.4, -0.2) is 18.2 Å². The van der Waals surface area contributed by atoms with Crippen LogP contribution in [0.25, 0.3) is 10.6 Å². The third kappa shape index (κ3) is 1.99. The molecule has 1 unspecified atom stereocenters. The van der Waals surface area contributed by atoms with Crippen molar-refractivity contribution in [2.45, 2.75) is 12.0 Å².